The summed E-state index contributed by atoms with van der Waals surface area (Å²) in [5.41, 5.74) is 0.636. The van der Waals surface area contributed by atoms with Crippen molar-refractivity contribution >= 4 is 43.8 Å². The lowest BCUT2D eigenvalue weighted by atomic mass is 10.2. The highest BCUT2D eigenvalue weighted by molar-refractivity contribution is 8.24. The first-order valence-electron chi connectivity index (χ1n) is 5.42. The maximum absolute atomic E-state index is 13.2. The molecule has 2 aliphatic rings. The molecule has 2 heterocycles. The molecule has 0 N–H and O–H groups in total. The van der Waals surface area contributed by atoms with Crippen molar-refractivity contribution in [2.24, 2.45) is 0 Å². The SMILES string of the molecule is O=S1(=O)CC2SC(=S)N(c3cccc(F)c3)C2C1. The van der Waals surface area contributed by atoms with Gasteiger partial charge in [-0.3, -0.25) is 0 Å². The molecule has 0 aliphatic carbocycles. The number of thioether (sulfide) groups is 1. The van der Waals surface area contributed by atoms with Crippen LogP contribution in [0.25, 0.3) is 0 Å². The van der Waals surface area contributed by atoms with Gasteiger partial charge in [0.05, 0.1) is 17.5 Å². The Balaban J connectivity index is 1.99. The summed E-state index contributed by atoms with van der Waals surface area (Å²) < 4.78 is 37.2. The van der Waals surface area contributed by atoms with E-state index in [1.807, 2.05) is 0 Å². The third-order valence-electron chi connectivity index (χ3n) is 3.14. The number of hydrogen-bond acceptors (Lipinski definition) is 4. The molecule has 96 valence electrons. The van der Waals surface area contributed by atoms with Gasteiger partial charge in [0.15, 0.2) is 9.84 Å². The van der Waals surface area contributed by atoms with Crippen molar-refractivity contribution in [2.75, 3.05) is 16.4 Å². The highest BCUT2D eigenvalue weighted by Crippen LogP contribution is 2.40. The van der Waals surface area contributed by atoms with Crippen LogP contribution in [0, 0.1) is 5.82 Å². The van der Waals surface area contributed by atoms with Crippen LogP contribution in [-0.4, -0.2) is 35.5 Å². The molecular formula is C11H10FNO2S3. The Morgan fingerprint density at radius 2 is 2.17 bits per heavy atom. The van der Waals surface area contributed by atoms with Gasteiger partial charge in [0.25, 0.3) is 0 Å². The zero-order valence-corrected chi connectivity index (χ0v) is 11.7. The van der Waals surface area contributed by atoms with Crippen LogP contribution in [0.15, 0.2) is 24.3 Å². The molecule has 1 aromatic rings. The second-order valence-corrected chi connectivity index (χ2v) is 8.44. The fourth-order valence-electron chi connectivity index (χ4n) is 2.39. The van der Waals surface area contributed by atoms with Crippen molar-refractivity contribution in [3.8, 4) is 0 Å². The van der Waals surface area contributed by atoms with Crippen molar-refractivity contribution in [1.82, 2.24) is 0 Å². The number of thiocarbonyl (C=S) groups is 1. The van der Waals surface area contributed by atoms with Crippen LogP contribution >= 0.6 is 24.0 Å². The van der Waals surface area contributed by atoms with E-state index in [0.29, 0.717) is 10.0 Å². The molecule has 0 aromatic heterocycles. The maximum atomic E-state index is 13.2. The first-order chi connectivity index (χ1) is 8.46. The lowest BCUT2D eigenvalue weighted by molar-refractivity contribution is 0.601. The lowest BCUT2D eigenvalue weighted by Gasteiger charge is -2.23. The first kappa shape index (κ1) is 12.4. The molecule has 0 amide bonds. The van der Waals surface area contributed by atoms with E-state index in [1.54, 1.807) is 17.0 Å². The van der Waals surface area contributed by atoms with Gasteiger partial charge in [-0.15, -0.1) is 0 Å². The van der Waals surface area contributed by atoms with Crippen LogP contribution in [0.4, 0.5) is 10.1 Å². The van der Waals surface area contributed by atoms with E-state index in [1.165, 1.54) is 23.9 Å². The first-order valence-corrected chi connectivity index (χ1v) is 8.53. The number of fused-ring (bicyclic) bond motifs is 1. The lowest BCUT2D eigenvalue weighted by Crippen LogP contribution is -2.36. The van der Waals surface area contributed by atoms with Crippen LogP contribution in [0.3, 0.4) is 0 Å². The van der Waals surface area contributed by atoms with Crippen LogP contribution in [0.5, 0.6) is 0 Å². The van der Waals surface area contributed by atoms with Gasteiger partial charge >= 0.3 is 0 Å². The Labute approximate surface area is 114 Å². The van der Waals surface area contributed by atoms with E-state index in [2.05, 4.69) is 0 Å². The maximum Gasteiger partial charge on any atom is 0.153 e. The Hall–Kier alpha value is -0.660. The third-order valence-corrected chi connectivity index (χ3v) is 6.73. The summed E-state index contributed by atoms with van der Waals surface area (Å²) in [7, 11) is -3.00. The molecule has 3 rings (SSSR count). The van der Waals surface area contributed by atoms with Gasteiger partial charge in [-0.05, 0) is 18.2 Å². The molecule has 0 bridgehead atoms. The number of hydrogen-bond donors (Lipinski definition) is 0. The fraction of sp³-hybridized carbons (Fsp3) is 0.364. The van der Waals surface area contributed by atoms with E-state index in [0.717, 1.165) is 0 Å². The minimum Gasteiger partial charge on any atom is -0.322 e. The Kier molecular flexibility index (Phi) is 2.87. The van der Waals surface area contributed by atoms with Crippen molar-refractivity contribution < 1.29 is 12.8 Å². The van der Waals surface area contributed by atoms with Gasteiger partial charge in [0.2, 0.25) is 0 Å². The summed E-state index contributed by atoms with van der Waals surface area (Å²) in [4.78, 5) is 1.78. The van der Waals surface area contributed by atoms with Crippen LogP contribution < -0.4 is 4.90 Å². The predicted octanol–water partition coefficient (Wildman–Crippen LogP) is 1.83. The molecule has 18 heavy (non-hydrogen) atoms. The summed E-state index contributed by atoms with van der Waals surface area (Å²) in [5, 5.41) is -0.0224. The Bertz CT molecular complexity index is 616. The average Bonchev–Trinajstić information content (AvgIpc) is 2.68. The Morgan fingerprint density at radius 3 is 2.89 bits per heavy atom. The average molecular weight is 303 g/mol. The van der Waals surface area contributed by atoms with E-state index < -0.39 is 9.84 Å². The van der Waals surface area contributed by atoms with Gasteiger partial charge in [-0.2, -0.15) is 0 Å². The summed E-state index contributed by atoms with van der Waals surface area (Å²) >= 11 is 6.67. The molecule has 2 fully saturated rings. The zero-order valence-electron chi connectivity index (χ0n) is 9.24. The van der Waals surface area contributed by atoms with E-state index in [4.69, 9.17) is 12.2 Å². The molecule has 0 radical (unpaired) electrons. The topological polar surface area (TPSA) is 37.4 Å². The summed E-state index contributed by atoms with van der Waals surface area (Å²) in [5.74, 6) is -0.0834. The largest absolute Gasteiger partial charge is 0.322 e. The van der Waals surface area contributed by atoms with Gasteiger partial charge in [-0.25, -0.2) is 12.8 Å². The molecule has 0 saturated carbocycles. The van der Waals surface area contributed by atoms with Crippen LogP contribution in [0.2, 0.25) is 0 Å². The minimum atomic E-state index is -3.00. The van der Waals surface area contributed by atoms with Crippen LogP contribution in [0.1, 0.15) is 0 Å². The molecule has 3 nitrogen and oxygen atoms in total. The third kappa shape index (κ3) is 2.04. The number of benzene rings is 1. The molecule has 2 saturated heterocycles. The van der Waals surface area contributed by atoms with Gasteiger partial charge in [0.1, 0.15) is 10.1 Å². The number of sulfone groups is 1. The smallest absolute Gasteiger partial charge is 0.153 e. The van der Waals surface area contributed by atoms with Gasteiger partial charge in [-0.1, -0.05) is 30.0 Å². The van der Waals surface area contributed by atoms with Crippen molar-refractivity contribution in [2.45, 2.75) is 11.3 Å². The molecular weight excluding hydrogens is 293 g/mol. The number of halogens is 1. The number of nitrogens with zero attached hydrogens (tertiary/aromatic N) is 1. The standard InChI is InChI=1S/C11H10FNO2S3/c12-7-2-1-3-8(4-7)13-9-5-18(14,15)6-10(9)17-11(13)16/h1-4,9-10H,5-6H2. The van der Waals surface area contributed by atoms with E-state index in [-0.39, 0.29) is 28.6 Å². The number of anilines is 1. The van der Waals surface area contributed by atoms with Gasteiger partial charge in [0, 0.05) is 10.9 Å². The predicted molar refractivity (Wildman–Crippen MR) is 75.3 cm³/mol. The number of rotatable bonds is 1. The molecule has 2 unspecified atom stereocenters. The molecule has 2 aliphatic heterocycles. The molecule has 0 spiro atoms. The molecule has 7 heteroatoms. The highest BCUT2D eigenvalue weighted by Gasteiger charge is 2.48. The fourth-order valence-corrected chi connectivity index (χ4v) is 6.77. The summed E-state index contributed by atoms with van der Waals surface area (Å²) in [6.45, 7) is 0. The van der Waals surface area contributed by atoms with E-state index >= 15 is 0 Å². The molecule has 2 atom stereocenters. The van der Waals surface area contributed by atoms with Crippen molar-refractivity contribution in [3.63, 3.8) is 0 Å². The van der Waals surface area contributed by atoms with Crippen LogP contribution in [-0.2, 0) is 9.84 Å². The van der Waals surface area contributed by atoms with E-state index in [9.17, 15) is 12.8 Å². The van der Waals surface area contributed by atoms with Gasteiger partial charge < -0.3 is 4.90 Å². The Morgan fingerprint density at radius 1 is 1.39 bits per heavy atom. The second-order valence-electron chi connectivity index (χ2n) is 4.42. The zero-order chi connectivity index (χ0) is 12.9. The highest BCUT2D eigenvalue weighted by atomic mass is 32.2. The summed E-state index contributed by atoms with van der Waals surface area (Å²) in [6.07, 6.45) is 0. The molecule has 1 aromatic carbocycles. The quantitative estimate of drug-likeness (QED) is 0.740. The van der Waals surface area contributed by atoms with Crippen molar-refractivity contribution in [1.29, 1.82) is 0 Å². The summed E-state index contributed by atoms with van der Waals surface area (Å²) in [6, 6.07) is 5.95. The monoisotopic (exact) mass is 303 g/mol. The second kappa shape index (κ2) is 4.18. The minimum absolute atomic E-state index is 0.0224. The van der Waals surface area contributed by atoms with Crippen molar-refractivity contribution in [3.05, 3.63) is 30.1 Å². The normalized spacial score (nSPS) is 29.6.